The monoisotopic (exact) mass is 372 g/mol. The van der Waals surface area contributed by atoms with Crippen LogP contribution in [0.2, 0.25) is 0 Å². The Morgan fingerprint density at radius 1 is 1.48 bits per heavy atom. The van der Waals surface area contributed by atoms with Crippen LogP contribution in [0.5, 0.6) is 0 Å². The minimum Gasteiger partial charge on any atom is -0.334 e. The van der Waals surface area contributed by atoms with Crippen LogP contribution in [-0.4, -0.2) is 34.1 Å². The molecule has 1 aliphatic rings. The summed E-state index contributed by atoms with van der Waals surface area (Å²) in [6, 6.07) is -0.214. The van der Waals surface area contributed by atoms with Crippen LogP contribution in [0, 0.1) is 12.8 Å². The summed E-state index contributed by atoms with van der Waals surface area (Å²) in [5.74, 6) is 0.562. The molecule has 1 aliphatic heterocycles. The molecule has 0 fully saturated rings. The van der Waals surface area contributed by atoms with Crippen molar-refractivity contribution in [1.29, 1.82) is 0 Å². The first-order chi connectivity index (χ1) is 11.7. The quantitative estimate of drug-likeness (QED) is 0.885. The average Bonchev–Trinajstić information content (AvgIpc) is 3.13. The summed E-state index contributed by atoms with van der Waals surface area (Å²) >= 11 is 1.52. The number of rotatable bonds is 3. The molecule has 1 atom stereocenters. The summed E-state index contributed by atoms with van der Waals surface area (Å²) in [4.78, 5) is 17.5. The van der Waals surface area contributed by atoms with Gasteiger partial charge in [0, 0.05) is 38.1 Å². The van der Waals surface area contributed by atoms with Gasteiger partial charge in [-0.25, -0.2) is 9.78 Å². The largest absolute Gasteiger partial charge is 0.434 e. The van der Waals surface area contributed by atoms with E-state index in [1.165, 1.54) is 11.3 Å². The minimum atomic E-state index is -4.42. The summed E-state index contributed by atoms with van der Waals surface area (Å²) in [6.07, 6.45) is -2.16. The van der Waals surface area contributed by atoms with Gasteiger partial charge in [-0.1, -0.05) is 0 Å². The number of nitrogens with one attached hydrogen (secondary N) is 1. The molecular formula is C16H19F3N4OS. The molecule has 0 bridgehead atoms. The van der Waals surface area contributed by atoms with E-state index in [4.69, 9.17) is 0 Å². The number of thiophene rings is 1. The molecule has 0 radical (unpaired) electrons. The molecule has 5 nitrogen and oxygen atoms in total. The maximum absolute atomic E-state index is 12.8. The third-order valence-electron chi connectivity index (χ3n) is 4.36. The Bertz CT molecular complexity index is 768. The maximum Gasteiger partial charge on any atom is 0.434 e. The first-order valence-electron chi connectivity index (χ1n) is 7.92. The highest BCUT2D eigenvalue weighted by Crippen LogP contribution is 2.31. The predicted octanol–water partition coefficient (Wildman–Crippen LogP) is 4.00. The number of hydrogen-bond donors (Lipinski definition) is 1. The molecule has 25 heavy (non-hydrogen) atoms. The van der Waals surface area contributed by atoms with Crippen molar-refractivity contribution in [3.05, 3.63) is 34.0 Å². The zero-order valence-corrected chi connectivity index (χ0v) is 14.7. The van der Waals surface area contributed by atoms with Crippen LogP contribution in [0.1, 0.15) is 23.5 Å². The van der Waals surface area contributed by atoms with Crippen molar-refractivity contribution in [2.75, 3.05) is 18.9 Å². The topological polar surface area (TPSA) is 50.2 Å². The van der Waals surface area contributed by atoms with Gasteiger partial charge in [0.05, 0.1) is 5.69 Å². The molecule has 1 N–H and O–H groups in total. The Balaban J connectivity index is 1.59. The molecular weight excluding hydrogens is 353 g/mol. The number of amides is 2. The second-order valence-electron chi connectivity index (χ2n) is 6.38. The van der Waals surface area contributed by atoms with Crippen LogP contribution in [-0.2, 0) is 19.1 Å². The Morgan fingerprint density at radius 3 is 2.88 bits per heavy atom. The maximum atomic E-state index is 12.8. The molecule has 0 unspecified atom stereocenters. The van der Waals surface area contributed by atoms with Gasteiger partial charge in [-0.05, 0) is 30.2 Å². The van der Waals surface area contributed by atoms with E-state index in [-0.39, 0.29) is 11.9 Å². The average molecular weight is 372 g/mol. The number of aryl methyl sites for hydroxylation is 2. The van der Waals surface area contributed by atoms with Crippen molar-refractivity contribution in [1.82, 2.24) is 14.5 Å². The summed E-state index contributed by atoms with van der Waals surface area (Å²) in [6.45, 7) is 2.84. The van der Waals surface area contributed by atoms with Crippen molar-refractivity contribution in [2.24, 2.45) is 5.92 Å². The molecule has 3 heterocycles. The third-order valence-corrected chi connectivity index (χ3v) is 5.22. The lowest BCUT2D eigenvalue weighted by molar-refractivity contribution is -0.141. The Labute approximate surface area is 147 Å². The molecule has 0 spiro atoms. The number of alkyl halides is 3. The molecule has 2 aromatic heterocycles. The number of urea groups is 1. The van der Waals surface area contributed by atoms with Gasteiger partial charge >= 0.3 is 12.2 Å². The number of aromatic nitrogens is 2. The van der Waals surface area contributed by atoms with E-state index in [0.717, 1.165) is 17.4 Å². The van der Waals surface area contributed by atoms with E-state index in [9.17, 15) is 18.0 Å². The Hall–Kier alpha value is -2.03. The van der Waals surface area contributed by atoms with E-state index in [1.807, 2.05) is 17.7 Å². The second kappa shape index (κ2) is 6.70. The highest BCUT2D eigenvalue weighted by atomic mass is 32.1. The van der Waals surface area contributed by atoms with E-state index in [2.05, 4.69) is 10.3 Å². The number of carbonyl (C=O) groups excluding carboxylic acids is 1. The number of nitrogens with zero attached hydrogens (tertiary/aromatic N) is 3. The fraction of sp³-hybridized carbons (Fsp3) is 0.500. The van der Waals surface area contributed by atoms with Crippen molar-refractivity contribution in [3.8, 4) is 0 Å². The van der Waals surface area contributed by atoms with Gasteiger partial charge in [-0.2, -0.15) is 13.2 Å². The summed E-state index contributed by atoms with van der Waals surface area (Å²) in [5.41, 5.74) is 0.951. The van der Waals surface area contributed by atoms with Crippen molar-refractivity contribution in [2.45, 2.75) is 32.5 Å². The van der Waals surface area contributed by atoms with Crippen molar-refractivity contribution in [3.63, 3.8) is 0 Å². The second-order valence-corrected chi connectivity index (χ2v) is 7.12. The van der Waals surface area contributed by atoms with Crippen molar-refractivity contribution < 1.29 is 18.0 Å². The van der Waals surface area contributed by atoms with Crippen LogP contribution >= 0.6 is 11.3 Å². The van der Waals surface area contributed by atoms with Gasteiger partial charge in [0.2, 0.25) is 0 Å². The fourth-order valence-corrected chi connectivity index (χ4v) is 3.75. The van der Waals surface area contributed by atoms with Gasteiger partial charge in [-0.3, -0.25) is 0 Å². The lowest BCUT2D eigenvalue weighted by Crippen LogP contribution is -2.37. The first-order valence-corrected chi connectivity index (χ1v) is 8.86. The molecule has 9 heteroatoms. The summed E-state index contributed by atoms with van der Waals surface area (Å²) in [5, 5.41) is 6.68. The van der Waals surface area contributed by atoms with E-state index < -0.39 is 11.9 Å². The molecule has 0 aromatic carbocycles. The molecule has 0 saturated carbocycles. The fourth-order valence-electron chi connectivity index (χ4n) is 2.97. The first kappa shape index (κ1) is 17.8. The zero-order chi connectivity index (χ0) is 18.2. The Morgan fingerprint density at radius 2 is 2.24 bits per heavy atom. The van der Waals surface area contributed by atoms with Gasteiger partial charge in [-0.15, -0.1) is 11.3 Å². The normalized spacial score (nSPS) is 17.2. The van der Waals surface area contributed by atoms with Crippen molar-refractivity contribution >= 4 is 23.1 Å². The third kappa shape index (κ3) is 3.97. The van der Waals surface area contributed by atoms with Crippen LogP contribution in [0.3, 0.4) is 0 Å². The number of fused-ring (bicyclic) bond motifs is 1. The molecule has 3 rings (SSSR count). The van der Waals surface area contributed by atoms with Crippen LogP contribution < -0.4 is 5.32 Å². The molecule has 2 amide bonds. The highest BCUT2D eigenvalue weighted by molar-refractivity contribution is 7.08. The highest BCUT2D eigenvalue weighted by Gasteiger charge is 2.36. The van der Waals surface area contributed by atoms with E-state index in [0.29, 0.717) is 31.8 Å². The van der Waals surface area contributed by atoms with Gasteiger partial charge in [0.1, 0.15) is 5.82 Å². The molecule has 136 valence electrons. The lowest BCUT2D eigenvalue weighted by Gasteiger charge is -2.28. The smallest absolute Gasteiger partial charge is 0.334 e. The van der Waals surface area contributed by atoms with Crippen LogP contribution in [0.25, 0.3) is 0 Å². The molecule has 2 aromatic rings. The van der Waals surface area contributed by atoms with Gasteiger partial charge in [0.25, 0.3) is 0 Å². The molecule has 0 aliphatic carbocycles. The number of carbonyl (C=O) groups is 1. The number of imidazole rings is 1. The standard InChI is InChI=1S/C16H19F3N4OS/c1-10-8-25-9-12(10)20-15(24)22(2)5-11-3-4-14-21-13(16(17,18)19)7-23(14)6-11/h7-9,11H,3-6H2,1-2H3,(H,20,24)/t11-/m1/s1. The summed E-state index contributed by atoms with van der Waals surface area (Å²) in [7, 11) is 1.70. The Kier molecular flexibility index (Phi) is 4.77. The van der Waals surface area contributed by atoms with Crippen LogP contribution in [0.15, 0.2) is 17.0 Å². The number of anilines is 1. The van der Waals surface area contributed by atoms with Gasteiger partial charge in [0.15, 0.2) is 5.69 Å². The van der Waals surface area contributed by atoms with E-state index >= 15 is 0 Å². The zero-order valence-electron chi connectivity index (χ0n) is 13.9. The lowest BCUT2D eigenvalue weighted by atomic mass is 9.99. The van der Waals surface area contributed by atoms with Gasteiger partial charge < -0.3 is 14.8 Å². The number of hydrogen-bond acceptors (Lipinski definition) is 3. The van der Waals surface area contributed by atoms with Crippen LogP contribution in [0.4, 0.5) is 23.7 Å². The van der Waals surface area contributed by atoms with E-state index in [1.54, 1.807) is 16.5 Å². The minimum absolute atomic E-state index is 0.0992. The predicted molar refractivity (Wildman–Crippen MR) is 89.7 cm³/mol. The number of halogens is 3. The summed E-state index contributed by atoms with van der Waals surface area (Å²) < 4.78 is 39.9. The molecule has 0 saturated heterocycles. The SMILES string of the molecule is Cc1cscc1NC(=O)N(C)C[C@H]1CCc2nc(C(F)(F)F)cn2C1.